The summed E-state index contributed by atoms with van der Waals surface area (Å²) in [4.78, 5) is 16.9. The second-order valence-electron chi connectivity index (χ2n) is 8.70. The zero-order chi connectivity index (χ0) is 25.3. The Hall–Kier alpha value is -3.90. The molecule has 182 valence electrons. The molecule has 0 spiro atoms. The third kappa shape index (κ3) is 6.11. The number of amides is 1. The predicted octanol–water partition coefficient (Wildman–Crippen LogP) is 3.92. The van der Waals surface area contributed by atoms with Crippen LogP contribution in [0.2, 0.25) is 0 Å². The van der Waals surface area contributed by atoms with Gasteiger partial charge in [0.15, 0.2) is 11.5 Å². The molecule has 0 radical (unpaired) electrons. The molecule has 0 aliphatic heterocycles. The molecule has 0 unspecified atom stereocenters. The third-order valence-corrected chi connectivity index (χ3v) is 4.35. The van der Waals surface area contributed by atoms with E-state index in [-0.39, 0.29) is 40.7 Å². The number of aliphatic imine (C=N–C) groups is 1. The minimum Gasteiger partial charge on any atom is -0.508 e. The summed E-state index contributed by atoms with van der Waals surface area (Å²) in [5, 5.41) is 24.4. The first-order valence-corrected chi connectivity index (χ1v) is 10.0. The lowest BCUT2D eigenvalue weighted by molar-refractivity contribution is -0.141. The number of phenols is 1. The number of phenolic OH excluding ortho intramolecular Hbond substituents is 1. The Morgan fingerprint density at radius 3 is 2.56 bits per heavy atom. The summed E-state index contributed by atoms with van der Waals surface area (Å²) < 4.78 is 54.8. The van der Waals surface area contributed by atoms with E-state index in [4.69, 9.17) is 0 Å². The first kappa shape index (κ1) is 24.7. The van der Waals surface area contributed by atoms with Crippen molar-refractivity contribution in [3.63, 3.8) is 0 Å². The van der Waals surface area contributed by atoms with Crippen LogP contribution in [0, 0.1) is 11.2 Å². The zero-order valence-corrected chi connectivity index (χ0v) is 18.8. The summed E-state index contributed by atoms with van der Waals surface area (Å²) in [6, 6.07) is 5.00. The van der Waals surface area contributed by atoms with Crippen molar-refractivity contribution in [3.05, 3.63) is 47.5 Å². The van der Waals surface area contributed by atoms with E-state index < -0.39 is 29.2 Å². The topological polar surface area (TPSA) is 120 Å². The van der Waals surface area contributed by atoms with Gasteiger partial charge in [0, 0.05) is 37.5 Å². The number of anilines is 1. The number of alkyl halides is 3. The molecular formula is C21H23F4N7O2. The van der Waals surface area contributed by atoms with Crippen molar-refractivity contribution in [2.75, 3.05) is 11.9 Å². The van der Waals surface area contributed by atoms with Gasteiger partial charge in [-0.15, -0.1) is 0 Å². The van der Waals surface area contributed by atoms with Crippen LogP contribution in [0.15, 0.2) is 35.5 Å². The minimum atomic E-state index is -4.82. The number of carbonyl (C=O) groups excluding carboxylic acids is 1. The maximum atomic E-state index is 14.1. The van der Waals surface area contributed by atoms with Crippen LogP contribution in [0.25, 0.3) is 11.3 Å². The van der Waals surface area contributed by atoms with Crippen LogP contribution in [-0.2, 0) is 13.2 Å². The molecule has 1 aromatic carbocycles. The molecule has 0 aliphatic carbocycles. The minimum absolute atomic E-state index is 0.123. The number of aromatic nitrogens is 4. The van der Waals surface area contributed by atoms with Gasteiger partial charge in [-0.25, -0.2) is 4.39 Å². The number of hydrogen-bond acceptors (Lipinski definition) is 5. The van der Waals surface area contributed by atoms with Crippen LogP contribution in [0.4, 0.5) is 23.4 Å². The van der Waals surface area contributed by atoms with Gasteiger partial charge in [-0.2, -0.15) is 23.4 Å². The Balaban J connectivity index is 1.87. The number of carbonyl (C=O) groups is 1. The molecule has 9 nitrogen and oxygen atoms in total. The van der Waals surface area contributed by atoms with Gasteiger partial charge in [0.1, 0.15) is 11.6 Å². The standard InChI is InChI=1S/C21H23F4N7O2/c1-20(2,3)10-26-19(28-18(34)13-9-32(4)31-17(13)21(23,24)25)27-16-8-15(29-30-16)12-6-5-11(33)7-14(12)22/h5-9,33H,10H2,1-4H3,(H3,26,27,28,29,30,34). The second-order valence-corrected chi connectivity index (χ2v) is 8.70. The molecule has 2 heterocycles. The van der Waals surface area contributed by atoms with E-state index in [1.807, 2.05) is 20.8 Å². The fourth-order valence-electron chi connectivity index (χ4n) is 2.83. The highest BCUT2D eigenvalue weighted by Crippen LogP contribution is 2.30. The van der Waals surface area contributed by atoms with Crippen LogP contribution in [0.1, 0.15) is 36.8 Å². The quantitative estimate of drug-likeness (QED) is 0.256. The number of aryl methyl sites for hydroxylation is 1. The lowest BCUT2D eigenvalue weighted by Crippen LogP contribution is -2.37. The molecule has 34 heavy (non-hydrogen) atoms. The van der Waals surface area contributed by atoms with Crippen molar-refractivity contribution >= 4 is 17.7 Å². The van der Waals surface area contributed by atoms with Gasteiger partial charge in [-0.3, -0.25) is 24.9 Å². The predicted molar refractivity (Wildman–Crippen MR) is 117 cm³/mol. The van der Waals surface area contributed by atoms with E-state index in [1.165, 1.54) is 25.2 Å². The van der Waals surface area contributed by atoms with Gasteiger partial charge in [0.25, 0.3) is 5.91 Å². The number of guanidine groups is 1. The maximum Gasteiger partial charge on any atom is 0.435 e. The number of rotatable bonds is 4. The van der Waals surface area contributed by atoms with Gasteiger partial charge in [0.2, 0.25) is 5.96 Å². The Labute approximate surface area is 191 Å². The maximum absolute atomic E-state index is 14.1. The van der Waals surface area contributed by atoms with Gasteiger partial charge in [-0.05, 0) is 17.5 Å². The average molecular weight is 481 g/mol. The van der Waals surface area contributed by atoms with E-state index in [2.05, 4.69) is 30.9 Å². The number of aromatic hydroxyl groups is 1. The summed E-state index contributed by atoms with van der Waals surface area (Å²) in [5.74, 6) is -2.03. The zero-order valence-electron chi connectivity index (χ0n) is 18.8. The fraction of sp³-hybridized carbons (Fsp3) is 0.333. The van der Waals surface area contributed by atoms with E-state index in [0.717, 1.165) is 16.9 Å². The molecule has 2 aromatic heterocycles. The largest absolute Gasteiger partial charge is 0.508 e. The molecule has 4 N–H and O–H groups in total. The number of aromatic amines is 1. The van der Waals surface area contributed by atoms with Gasteiger partial charge in [-0.1, -0.05) is 20.8 Å². The van der Waals surface area contributed by atoms with Crippen molar-refractivity contribution in [2.24, 2.45) is 17.5 Å². The third-order valence-electron chi connectivity index (χ3n) is 4.35. The van der Waals surface area contributed by atoms with Crippen molar-refractivity contribution < 1.29 is 27.5 Å². The number of halogens is 4. The first-order chi connectivity index (χ1) is 15.7. The molecule has 0 fully saturated rings. The SMILES string of the molecule is Cn1cc(C(=O)NC(=NCC(C)(C)C)Nc2cc(-c3ccc(O)cc3F)[nH]n2)c(C(F)(F)F)n1. The molecule has 0 atom stereocenters. The highest BCUT2D eigenvalue weighted by atomic mass is 19.4. The van der Waals surface area contributed by atoms with Crippen molar-refractivity contribution in [1.82, 2.24) is 25.3 Å². The summed E-state index contributed by atoms with van der Waals surface area (Å²) >= 11 is 0. The van der Waals surface area contributed by atoms with E-state index in [9.17, 15) is 27.5 Å². The molecular weight excluding hydrogens is 458 g/mol. The lowest BCUT2D eigenvalue weighted by atomic mass is 9.97. The van der Waals surface area contributed by atoms with Crippen LogP contribution in [0.5, 0.6) is 5.75 Å². The summed E-state index contributed by atoms with van der Waals surface area (Å²) in [6.07, 6.45) is -3.87. The molecule has 0 saturated carbocycles. The highest BCUT2D eigenvalue weighted by Gasteiger charge is 2.39. The van der Waals surface area contributed by atoms with Crippen molar-refractivity contribution in [1.29, 1.82) is 0 Å². The van der Waals surface area contributed by atoms with Crippen LogP contribution >= 0.6 is 0 Å². The van der Waals surface area contributed by atoms with Crippen LogP contribution in [0.3, 0.4) is 0 Å². The van der Waals surface area contributed by atoms with E-state index >= 15 is 0 Å². The fourth-order valence-corrected chi connectivity index (χ4v) is 2.83. The molecule has 13 heteroatoms. The second kappa shape index (κ2) is 9.15. The van der Waals surface area contributed by atoms with Gasteiger partial charge >= 0.3 is 6.18 Å². The first-order valence-electron chi connectivity index (χ1n) is 10.0. The Morgan fingerprint density at radius 2 is 1.94 bits per heavy atom. The van der Waals surface area contributed by atoms with E-state index in [1.54, 1.807) is 0 Å². The molecule has 0 bridgehead atoms. The Bertz CT molecular complexity index is 1220. The van der Waals surface area contributed by atoms with Crippen molar-refractivity contribution in [3.8, 4) is 17.0 Å². The number of nitrogens with zero attached hydrogens (tertiary/aromatic N) is 4. The molecule has 0 saturated heterocycles. The Morgan fingerprint density at radius 1 is 1.24 bits per heavy atom. The van der Waals surface area contributed by atoms with Gasteiger partial charge in [0.05, 0.1) is 11.3 Å². The number of nitrogens with one attached hydrogen (secondary N) is 3. The highest BCUT2D eigenvalue weighted by molar-refractivity contribution is 6.10. The van der Waals surface area contributed by atoms with E-state index in [0.29, 0.717) is 0 Å². The Kier molecular flexibility index (Phi) is 6.66. The van der Waals surface area contributed by atoms with Crippen LogP contribution in [-0.4, -0.2) is 43.5 Å². The monoisotopic (exact) mass is 481 g/mol. The summed E-state index contributed by atoms with van der Waals surface area (Å²) in [7, 11) is 1.27. The number of H-pyrrole nitrogens is 1. The average Bonchev–Trinajstić information content (AvgIpc) is 3.32. The lowest BCUT2D eigenvalue weighted by Gasteiger charge is -2.16. The normalized spacial score (nSPS) is 12.6. The van der Waals surface area contributed by atoms with Gasteiger partial charge < -0.3 is 10.4 Å². The number of benzene rings is 1. The van der Waals surface area contributed by atoms with Crippen molar-refractivity contribution in [2.45, 2.75) is 26.9 Å². The molecule has 1 amide bonds. The molecule has 3 aromatic rings. The smallest absolute Gasteiger partial charge is 0.435 e. The number of hydrogen-bond donors (Lipinski definition) is 4. The summed E-state index contributed by atoms with van der Waals surface area (Å²) in [6.45, 7) is 5.88. The summed E-state index contributed by atoms with van der Waals surface area (Å²) in [5.41, 5.74) is -1.91. The molecule has 0 aliphatic rings. The molecule has 3 rings (SSSR count). The van der Waals surface area contributed by atoms with Crippen LogP contribution < -0.4 is 10.6 Å².